The minimum absolute atomic E-state index is 0.0148. The molecule has 2 heterocycles. The molecule has 4 heteroatoms. The number of aromatic nitrogens is 1. The first-order valence-corrected chi connectivity index (χ1v) is 9.36. The van der Waals surface area contributed by atoms with Gasteiger partial charge in [-0.15, -0.1) is 0 Å². The molecular weight excluding hydrogens is 336 g/mol. The molecule has 138 valence electrons. The van der Waals surface area contributed by atoms with Crippen LogP contribution in [0.4, 0.5) is 5.69 Å². The molecule has 0 bridgehead atoms. The smallest absolute Gasteiger partial charge is 0.259 e. The molecule has 1 aliphatic rings. The van der Waals surface area contributed by atoms with Crippen molar-refractivity contribution in [2.75, 3.05) is 18.6 Å². The quantitative estimate of drug-likeness (QED) is 0.662. The summed E-state index contributed by atoms with van der Waals surface area (Å²) >= 11 is 0. The van der Waals surface area contributed by atoms with E-state index in [1.165, 1.54) is 11.1 Å². The summed E-state index contributed by atoms with van der Waals surface area (Å²) in [5.41, 5.74) is 6.87. The predicted molar refractivity (Wildman–Crippen MR) is 109 cm³/mol. The molecule has 0 saturated heterocycles. The maximum absolute atomic E-state index is 13.7. The lowest BCUT2D eigenvalue weighted by Crippen LogP contribution is -2.36. The molecule has 27 heavy (non-hydrogen) atoms. The van der Waals surface area contributed by atoms with Gasteiger partial charge in [-0.1, -0.05) is 17.7 Å². The summed E-state index contributed by atoms with van der Waals surface area (Å²) in [4.78, 5) is 20.2. The molecule has 0 aliphatic carbocycles. The summed E-state index contributed by atoms with van der Waals surface area (Å²) in [5, 5.41) is 0.907. The van der Waals surface area contributed by atoms with Gasteiger partial charge in [0.05, 0.1) is 23.9 Å². The largest absolute Gasteiger partial charge is 0.495 e. The first kappa shape index (κ1) is 17.5. The fraction of sp³-hybridized carbons (Fsp3) is 0.304. The van der Waals surface area contributed by atoms with Crippen molar-refractivity contribution < 1.29 is 9.53 Å². The Kier molecular flexibility index (Phi) is 4.34. The summed E-state index contributed by atoms with van der Waals surface area (Å²) in [6.07, 6.45) is 1.92. The van der Waals surface area contributed by atoms with Crippen LogP contribution in [0.5, 0.6) is 5.75 Å². The highest BCUT2D eigenvalue weighted by Crippen LogP contribution is 2.39. The number of hydrogen-bond acceptors (Lipinski definition) is 3. The van der Waals surface area contributed by atoms with Gasteiger partial charge >= 0.3 is 0 Å². The SMILES string of the molecule is COc1ccc(C)c2c1N(C(=O)c1cc(C)nc3ccc(C)cc13)CCC2. The average molecular weight is 360 g/mol. The Balaban J connectivity index is 1.90. The number of amides is 1. The number of nitrogens with zero attached hydrogens (tertiary/aromatic N) is 2. The van der Waals surface area contributed by atoms with E-state index in [1.54, 1.807) is 7.11 Å². The van der Waals surface area contributed by atoms with Crippen LogP contribution < -0.4 is 9.64 Å². The number of carbonyl (C=O) groups excluding carboxylic acids is 1. The molecule has 0 saturated carbocycles. The third kappa shape index (κ3) is 2.95. The number of pyridine rings is 1. The number of rotatable bonds is 2. The Morgan fingerprint density at radius 2 is 1.93 bits per heavy atom. The Morgan fingerprint density at radius 3 is 2.70 bits per heavy atom. The molecule has 1 aliphatic heterocycles. The second-order valence-corrected chi connectivity index (χ2v) is 7.30. The van der Waals surface area contributed by atoms with Crippen molar-refractivity contribution in [1.29, 1.82) is 0 Å². The topological polar surface area (TPSA) is 42.4 Å². The molecule has 0 atom stereocenters. The van der Waals surface area contributed by atoms with Crippen molar-refractivity contribution in [3.8, 4) is 5.75 Å². The monoisotopic (exact) mass is 360 g/mol. The molecule has 0 radical (unpaired) electrons. The van der Waals surface area contributed by atoms with Gasteiger partial charge in [0.2, 0.25) is 0 Å². The molecule has 0 spiro atoms. The highest BCUT2D eigenvalue weighted by Gasteiger charge is 2.29. The number of anilines is 1. The lowest BCUT2D eigenvalue weighted by Gasteiger charge is -2.32. The zero-order valence-corrected chi connectivity index (χ0v) is 16.3. The summed E-state index contributed by atoms with van der Waals surface area (Å²) in [6, 6.07) is 12.0. The lowest BCUT2D eigenvalue weighted by atomic mass is 9.95. The highest BCUT2D eigenvalue weighted by atomic mass is 16.5. The van der Waals surface area contributed by atoms with Crippen LogP contribution in [0.1, 0.15) is 39.2 Å². The molecule has 3 aromatic rings. The van der Waals surface area contributed by atoms with Gasteiger partial charge in [0.25, 0.3) is 5.91 Å². The minimum atomic E-state index is 0.0148. The van der Waals surface area contributed by atoms with Gasteiger partial charge in [-0.2, -0.15) is 0 Å². The van der Waals surface area contributed by atoms with Gasteiger partial charge in [-0.05, 0) is 69.0 Å². The Morgan fingerprint density at radius 1 is 1.11 bits per heavy atom. The molecule has 1 amide bonds. The van der Waals surface area contributed by atoms with E-state index in [-0.39, 0.29) is 5.91 Å². The minimum Gasteiger partial charge on any atom is -0.495 e. The molecule has 0 N–H and O–H groups in total. The standard InChI is InChI=1S/C23H24N2O2/c1-14-7-9-20-18(12-14)19(13-16(3)24-20)23(26)25-11-5-6-17-15(2)8-10-21(27-4)22(17)25/h7-10,12-13H,5-6,11H2,1-4H3. The fourth-order valence-electron chi connectivity index (χ4n) is 4.02. The fourth-order valence-corrected chi connectivity index (χ4v) is 4.02. The summed E-state index contributed by atoms with van der Waals surface area (Å²) in [7, 11) is 1.66. The zero-order chi connectivity index (χ0) is 19.1. The molecule has 4 nitrogen and oxygen atoms in total. The number of methoxy groups -OCH3 is 1. The van der Waals surface area contributed by atoms with E-state index in [4.69, 9.17) is 4.74 Å². The van der Waals surface area contributed by atoms with E-state index in [9.17, 15) is 4.79 Å². The first-order chi connectivity index (χ1) is 13.0. The van der Waals surface area contributed by atoms with E-state index in [2.05, 4.69) is 18.0 Å². The molecule has 4 rings (SSSR count). The number of benzene rings is 2. The Labute approximate surface area is 159 Å². The second-order valence-electron chi connectivity index (χ2n) is 7.30. The lowest BCUT2D eigenvalue weighted by molar-refractivity contribution is 0.0986. The predicted octanol–water partition coefficient (Wildman–Crippen LogP) is 4.76. The molecule has 2 aromatic carbocycles. The third-order valence-corrected chi connectivity index (χ3v) is 5.35. The Bertz CT molecular complexity index is 1060. The van der Waals surface area contributed by atoms with Crippen LogP contribution in [0.25, 0.3) is 10.9 Å². The van der Waals surface area contributed by atoms with Crippen LogP contribution in [0, 0.1) is 20.8 Å². The second kappa shape index (κ2) is 6.69. The maximum Gasteiger partial charge on any atom is 0.259 e. The van der Waals surface area contributed by atoms with Crippen molar-refractivity contribution in [3.63, 3.8) is 0 Å². The maximum atomic E-state index is 13.7. The van der Waals surface area contributed by atoms with Crippen molar-refractivity contribution in [2.45, 2.75) is 33.6 Å². The Hall–Kier alpha value is -2.88. The first-order valence-electron chi connectivity index (χ1n) is 9.36. The highest BCUT2D eigenvalue weighted by molar-refractivity contribution is 6.14. The molecule has 0 unspecified atom stereocenters. The zero-order valence-electron chi connectivity index (χ0n) is 16.3. The van der Waals surface area contributed by atoms with Crippen LogP contribution in [-0.2, 0) is 6.42 Å². The van der Waals surface area contributed by atoms with Gasteiger partial charge < -0.3 is 9.64 Å². The van der Waals surface area contributed by atoms with Gasteiger partial charge in [-0.3, -0.25) is 9.78 Å². The van der Waals surface area contributed by atoms with Crippen LogP contribution >= 0.6 is 0 Å². The van der Waals surface area contributed by atoms with Crippen LogP contribution in [0.2, 0.25) is 0 Å². The molecular formula is C23H24N2O2. The normalized spacial score (nSPS) is 13.6. The average Bonchev–Trinajstić information content (AvgIpc) is 2.67. The van der Waals surface area contributed by atoms with Crippen LogP contribution in [-0.4, -0.2) is 24.5 Å². The third-order valence-electron chi connectivity index (χ3n) is 5.35. The van der Waals surface area contributed by atoms with E-state index >= 15 is 0 Å². The van der Waals surface area contributed by atoms with E-state index in [0.717, 1.165) is 46.4 Å². The van der Waals surface area contributed by atoms with E-state index < -0.39 is 0 Å². The van der Waals surface area contributed by atoms with Crippen molar-refractivity contribution in [2.24, 2.45) is 0 Å². The van der Waals surface area contributed by atoms with Gasteiger partial charge in [-0.25, -0.2) is 0 Å². The number of hydrogen-bond donors (Lipinski definition) is 0. The number of fused-ring (bicyclic) bond motifs is 2. The number of carbonyl (C=O) groups is 1. The van der Waals surface area contributed by atoms with Crippen molar-refractivity contribution >= 4 is 22.5 Å². The van der Waals surface area contributed by atoms with Crippen LogP contribution in [0.3, 0.4) is 0 Å². The van der Waals surface area contributed by atoms with Gasteiger partial charge in [0, 0.05) is 17.6 Å². The van der Waals surface area contributed by atoms with Crippen molar-refractivity contribution in [1.82, 2.24) is 4.98 Å². The summed E-state index contributed by atoms with van der Waals surface area (Å²) in [5.74, 6) is 0.774. The summed E-state index contributed by atoms with van der Waals surface area (Å²) in [6.45, 7) is 6.77. The number of aryl methyl sites for hydroxylation is 3. The summed E-state index contributed by atoms with van der Waals surface area (Å²) < 4.78 is 5.61. The van der Waals surface area contributed by atoms with Gasteiger partial charge in [0.15, 0.2) is 0 Å². The number of ether oxygens (including phenoxy) is 1. The van der Waals surface area contributed by atoms with Crippen LogP contribution in [0.15, 0.2) is 36.4 Å². The van der Waals surface area contributed by atoms with Gasteiger partial charge in [0.1, 0.15) is 5.75 Å². The molecule has 1 aromatic heterocycles. The van der Waals surface area contributed by atoms with E-state index in [1.807, 2.05) is 49.1 Å². The van der Waals surface area contributed by atoms with Crippen molar-refractivity contribution in [3.05, 3.63) is 64.3 Å². The van der Waals surface area contributed by atoms with E-state index in [0.29, 0.717) is 12.1 Å². The molecule has 0 fully saturated rings.